The van der Waals surface area contributed by atoms with E-state index in [0.717, 1.165) is 16.3 Å². The topological polar surface area (TPSA) is 67.5 Å². The van der Waals surface area contributed by atoms with Crippen LogP contribution in [0.4, 0.5) is 4.79 Å². The normalized spacial score (nSPS) is 10.8. The Morgan fingerprint density at radius 1 is 1.19 bits per heavy atom. The standard InChI is InChI=1S/C12H11N3O/c13-12(16)15-14-8-10-6-3-5-9-4-1-2-7-11(9)10/h1-8H,(H3,13,15,16)/b14-8+. The van der Waals surface area contributed by atoms with Gasteiger partial charge in [-0.2, -0.15) is 5.10 Å². The molecule has 0 fully saturated rings. The third kappa shape index (κ3) is 2.17. The summed E-state index contributed by atoms with van der Waals surface area (Å²) in [7, 11) is 0. The van der Waals surface area contributed by atoms with Gasteiger partial charge in [0.15, 0.2) is 0 Å². The SMILES string of the molecule is NC(=O)N/N=C/c1cccc2ccccc12. The van der Waals surface area contributed by atoms with Crippen molar-refractivity contribution in [2.24, 2.45) is 10.8 Å². The molecule has 0 aromatic heterocycles. The Labute approximate surface area is 92.8 Å². The van der Waals surface area contributed by atoms with Crippen molar-refractivity contribution in [2.45, 2.75) is 0 Å². The van der Waals surface area contributed by atoms with E-state index in [9.17, 15) is 4.79 Å². The zero-order valence-corrected chi connectivity index (χ0v) is 8.55. The highest BCUT2D eigenvalue weighted by Gasteiger charge is 1.96. The van der Waals surface area contributed by atoms with Crippen molar-refractivity contribution < 1.29 is 4.79 Å². The molecule has 0 radical (unpaired) electrons. The summed E-state index contributed by atoms with van der Waals surface area (Å²) in [5, 5.41) is 5.96. The molecule has 0 atom stereocenters. The lowest BCUT2D eigenvalue weighted by Crippen LogP contribution is -2.24. The molecular formula is C12H11N3O. The van der Waals surface area contributed by atoms with Gasteiger partial charge in [0.1, 0.15) is 0 Å². The zero-order chi connectivity index (χ0) is 11.4. The molecule has 0 spiro atoms. The Morgan fingerprint density at radius 3 is 2.75 bits per heavy atom. The van der Waals surface area contributed by atoms with Gasteiger partial charge >= 0.3 is 6.03 Å². The molecule has 0 saturated carbocycles. The van der Waals surface area contributed by atoms with Crippen molar-refractivity contribution in [3.05, 3.63) is 48.0 Å². The largest absolute Gasteiger partial charge is 0.350 e. The first-order valence-electron chi connectivity index (χ1n) is 4.83. The fourth-order valence-corrected chi connectivity index (χ4v) is 1.53. The van der Waals surface area contributed by atoms with Crippen molar-refractivity contribution in [1.82, 2.24) is 5.43 Å². The summed E-state index contributed by atoms with van der Waals surface area (Å²) in [6.07, 6.45) is 1.58. The van der Waals surface area contributed by atoms with Crippen molar-refractivity contribution in [3.63, 3.8) is 0 Å². The molecule has 80 valence electrons. The van der Waals surface area contributed by atoms with Gasteiger partial charge in [0.25, 0.3) is 0 Å². The highest BCUT2D eigenvalue weighted by Crippen LogP contribution is 2.16. The summed E-state index contributed by atoms with van der Waals surface area (Å²) in [5.74, 6) is 0. The number of primary amides is 1. The Kier molecular flexibility index (Phi) is 2.82. The second-order valence-corrected chi connectivity index (χ2v) is 3.30. The summed E-state index contributed by atoms with van der Waals surface area (Å²) < 4.78 is 0. The van der Waals surface area contributed by atoms with Crippen LogP contribution in [0.3, 0.4) is 0 Å². The number of nitrogens with two attached hydrogens (primary N) is 1. The zero-order valence-electron chi connectivity index (χ0n) is 8.55. The minimum absolute atomic E-state index is 0.670. The molecule has 16 heavy (non-hydrogen) atoms. The monoisotopic (exact) mass is 213 g/mol. The van der Waals surface area contributed by atoms with Gasteiger partial charge in [-0.3, -0.25) is 0 Å². The molecule has 0 aliphatic carbocycles. The lowest BCUT2D eigenvalue weighted by molar-refractivity contribution is 0.249. The van der Waals surface area contributed by atoms with Crippen LogP contribution in [-0.4, -0.2) is 12.2 Å². The van der Waals surface area contributed by atoms with Crippen LogP contribution in [0.15, 0.2) is 47.6 Å². The second-order valence-electron chi connectivity index (χ2n) is 3.30. The average Bonchev–Trinajstić information content (AvgIpc) is 2.29. The summed E-state index contributed by atoms with van der Waals surface area (Å²) in [4.78, 5) is 10.5. The number of hydrazone groups is 1. The summed E-state index contributed by atoms with van der Waals surface area (Å²) in [6.45, 7) is 0. The molecule has 0 aliphatic rings. The maximum Gasteiger partial charge on any atom is 0.332 e. The number of amides is 2. The number of urea groups is 1. The van der Waals surface area contributed by atoms with Crippen molar-refractivity contribution >= 4 is 23.0 Å². The maximum atomic E-state index is 10.5. The van der Waals surface area contributed by atoms with Crippen molar-refractivity contribution in [1.29, 1.82) is 0 Å². The molecule has 0 bridgehead atoms. The average molecular weight is 213 g/mol. The van der Waals surface area contributed by atoms with E-state index in [1.54, 1.807) is 6.21 Å². The maximum absolute atomic E-state index is 10.5. The molecule has 2 rings (SSSR count). The van der Waals surface area contributed by atoms with E-state index >= 15 is 0 Å². The number of nitrogens with one attached hydrogen (secondary N) is 1. The summed E-state index contributed by atoms with van der Waals surface area (Å²) in [6, 6.07) is 13.2. The van der Waals surface area contributed by atoms with Gasteiger partial charge in [-0.25, -0.2) is 10.2 Å². The molecule has 2 aromatic carbocycles. The van der Waals surface area contributed by atoms with E-state index in [1.807, 2.05) is 42.5 Å². The van der Waals surface area contributed by atoms with Gasteiger partial charge in [0.2, 0.25) is 0 Å². The Balaban J connectivity index is 2.37. The summed E-state index contributed by atoms with van der Waals surface area (Å²) >= 11 is 0. The van der Waals surface area contributed by atoms with E-state index in [2.05, 4.69) is 10.5 Å². The number of hydrogen-bond donors (Lipinski definition) is 2. The number of nitrogens with zero attached hydrogens (tertiary/aromatic N) is 1. The Hall–Kier alpha value is -2.36. The minimum atomic E-state index is -0.670. The Morgan fingerprint density at radius 2 is 1.94 bits per heavy atom. The number of fused-ring (bicyclic) bond motifs is 1. The lowest BCUT2D eigenvalue weighted by Gasteiger charge is -2.00. The predicted octanol–water partition coefficient (Wildman–Crippen LogP) is 1.84. The minimum Gasteiger partial charge on any atom is -0.350 e. The first kappa shape index (κ1) is 10.2. The van der Waals surface area contributed by atoms with Gasteiger partial charge in [0.05, 0.1) is 6.21 Å². The van der Waals surface area contributed by atoms with Gasteiger partial charge in [-0.05, 0) is 10.8 Å². The molecule has 0 unspecified atom stereocenters. The molecule has 2 amide bonds. The third-order valence-electron chi connectivity index (χ3n) is 2.20. The lowest BCUT2D eigenvalue weighted by atomic mass is 10.1. The van der Waals surface area contributed by atoms with Crippen molar-refractivity contribution in [3.8, 4) is 0 Å². The Bertz CT molecular complexity index is 543. The van der Waals surface area contributed by atoms with Crippen LogP contribution < -0.4 is 11.2 Å². The van der Waals surface area contributed by atoms with E-state index < -0.39 is 6.03 Å². The van der Waals surface area contributed by atoms with Crippen LogP contribution in [0, 0.1) is 0 Å². The first-order chi connectivity index (χ1) is 7.77. The molecule has 0 aliphatic heterocycles. The number of benzene rings is 2. The molecule has 4 nitrogen and oxygen atoms in total. The molecule has 4 heteroatoms. The molecule has 2 aromatic rings. The predicted molar refractivity (Wildman–Crippen MR) is 64.3 cm³/mol. The smallest absolute Gasteiger partial charge is 0.332 e. The molecular weight excluding hydrogens is 202 g/mol. The number of hydrogen-bond acceptors (Lipinski definition) is 2. The van der Waals surface area contributed by atoms with Gasteiger partial charge in [-0.15, -0.1) is 0 Å². The fraction of sp³-hybridized carbons (Fsp3) is 0. The molecule has 0 heterocycles. The third-order valence-corrected chi connectivity index (χ3v) is 2.20. The van der Waals surface area contributed by atoms with E-state index in [-0.39, 0.29) is 0 Å². The van der Waals surface area contributed by atoms with E-state index in [4.69, 9.17) is 5.73 Å². The van der Waals surface area contributed by atoms with Gasteiger partial charge in [0, 0.05) is 5.56 Å². The molecule has 3 N–H and O–H groups in total. The quantitative estimate of drug-likeness (QED) is 0.580. The van der Waals surface area contributed by atoms with Gasteiger partial charge < -0.3 is 5.73 Å². The summed E-state index contributed by atoms with van der Waals surface area (Å²) in [5.41, 5.74) is 8.01. The van der Waals surface area contributed by atoms with Crippen LogP contribution in [0.1, 0.15) is 5.56 Å². The van der Waals surface area contributed by atoms with Crippen LogP contribution >= 0.6 is 0 Å². The van der Waals surface area contributed by atoms with Gasteiger partial charge in [-0.1, -0.05) is 42.5 Å². The van der Waals surface area contributed by atoms with Crippen LogP contribution in [-0.2, 0) is 0 Å². The van der Waals surface area contributed by atoms with Crippen LogP contribution in [0.2, 0.25) is 0 Å². The second kappa shape index (κ2) is 4.44. The number of rotatable bonds is 2. The van der Waals surface area contributed by atoms with Crippen LogP contribution in [0.5, 0.6) is 0 Å². The molecule has 0 saturated heterocycles. The highest BCUT2D eigenvalue weighted by atomic mass is 16.2. The fourth-order valence-electron chi connectivity index (χ4n) is 1.53. The first-order valence-corrected chi connectivity index (χ1v) is 4.83. The number of carbonyl (C=O) groups is 1. The van der Waals surface area contributed by atoms with Crippen molar-refractivity contribution in [2.75, 3.05) is 0 Å². The van der Waals surface area contributed by atoms with E-state index in [1.165, 1.54) is 0 Å². The van der Waals surface area contributed by atoms with E-state index in [0.29, 0.717) is 0 Å². The number of carbonyl (C=O) groups excluding carboxylic acids is 1. The highest BCUT2D eigenvalue weighted by molar-refractivity contribution is 5.99. The van der Waals surface area contributed by atoms with Crippen LogP contribution in [0.25, 0.3) is 10.8 Å².